The largest absolute Gasteiger partial charge is 0.311 e. The lowest BCUT2D eigenvalue weighted by molar-refractivity contribution is 1.28. The highest BCUT2D eigenvalue weighted by Crippen LogP contribution is 2.39. The Bertz CT molecular complexity index is 2260. The Balaban J connectivity index is 1.11. The minimum absolute atomic E-state index is 1.11. The van der Waals surface area contributed by atoms with E-state index in [1.165, 1.54) is 55.6 Å². The molecule has 0 aliphatic rings. The smallest absolute Gasteiger partial charge is 0.0462 e. The number of hydrogen-bond acceptors (Lipinski definition) is 1. The predicted molar refractivity (Wildman–Crippen MR) is 208 cm³/mol. The van der Waals surface area contributed by atoms with Crippen molar-refractivity contribution >= 4 is 17.1 Å². The molecule has 0 aliphatic carbocycles. The molecular weight excluding hydrogens is 591 g/mol. The molecule has 8 aromatic rings. The summed E-state index contributed by atoms with van der Waals surface area (Å²) in [5, 5.41) is 0. The van der Waals surface area contributed by atoms with Crippen LogP contribution in [0.1, 0.15) is 0 Å². The third-order valence-corrected chi connectivity index (χ3v) is 9.11. The van der Waals surface area contributed by atoms with Gasteiger partial charge < -0.3 is 4.90 Å². The SMILES string of the molecule is c1ccc(-c2ccc(-c3ccc(N(c4ccccc4)c4ccc(-c5ccc(-c6ccccc6)c(-c6ccccc6)c5)cc4)cc3)cc2)cc1. The predicted octanol–water partition coefficient (Wildman–Crippen LogP) is 13.5. The summed E-state index contributed by atoms with van der Waals surface area (Å²) in [5.41, 5.74) is 15.5. The Labute approximate surface area is 289 Å². The standard InChI is InChI=1S/C48H35N/c1-5-13-36(14-6-1)37-21-23-38(24-22-37)39-25-30-45(31-26-39)49(44-19-11-4-12-20-44)46-32-27-40(28-33-46)43-29-34-47(41-15-7-2-8-16-41)48(35-43)42-17-9-3-10-18-42/h1-35H. The third kappa shape index (κ3) is 6.43. The van der Waals surface area contributed by atoms with Gasteiger partial charge in [0.2, 0.25) is 0 Å². The molecule has 1 nitrogen and oxygen atoms in total. The molecule has 49 heavy (non-hydrogen) atoms. The monoisotopic (exact) mass is 625 g/mol. The maximum absolute atomic E-state index is 2.33. The minimum atomic E-state index is 1.11. The average Bonchev–Trinajstić information content (AvgIpc) is 3.20. The van der Waals surface area contributed by atoms with Crippen molar-refractivity contribution in [3.8, 4) is 55.6 Å². The molecule has 0 fully saturated rings. The molecule has 0 aromatic heterocycles. The molecule has 0 amide bonds. The van der Waals surface area contributed by atoms with E-state index in [2.05, 4.69) is 217 Å². The lowest BCUT2D eigenvalue weighted by Crippen LogP contribution is -2.09. The van der Waals surface area contributed by atoms with E-state index in [1.807, 2.05) is 0 Å². The molecule has 0 heterocycles. The summed E-state index contributed by atoms with van der Waals surface area (Å²) >= 11 is 0. The number of anilines is 3. The second-order valence-electron chi connectivity index (χ2n) is 12.2. The van der Waals surface area contributed by atoms with Crippen molar-refractivity contribution < 1.29 is 0 Å². The van der Waals surface area contributed by atoms with Crippen molar-refractivity contribution in [2.75, 3.05) is 4.90 Å². The van der Waals surface area contributed by atoms with Crippen LogP contribution in [0.15, 0.2) is 212 Å². The van der Waals surface area contributed by atoms with Gasteiger partial charge in [0.1, 0.15) is 0 Å². The lowest BCUT2D eigenvalue weighted by atomic mass is 9.91. The van der Waals surface area contributed by atoms with Crippen molar-refractivity contribution in [3.63, 3.8) is 0 Å². The van der Waals surface area contributed by atoms with Crippen LogP contribution in [0.5, 0.6) is 0 Å². The third-order valence-electron chi connectivity index (χ3n) is 9.11. The van der Waals surface area contributed by atoms with Crippen LogP contribution < -0.4 is 4.90 Å². The molecule has 8 rings (SSSR count). The van der Waals surface area contributed by atoms with Gasteiger partial charge in [-0.25, -0.2) is 0 Å². The second-order valence-corrected chi connectivity index (χ2v) is 12.2. The van der Waals surface area contributed by atoms with Gasteiger partial charge in [-0.05, 0) is 98.1 Å². The highest BCUT2D eigenvalue weighted by atomic mass is 15.1. The average molecular weight is 626 g/mol. The molecule has 0 unspecified atom stereocenters. The Morgan fingerprint density at radius 1 is 0.204 bits per heavy atom. The molecule has 8 aromatic carbocycles. The normalized spacial score (nSPS) is 10.9. The van der Waals surface area contributed by atoms with Gasteiger partial charge in [0.25, 0.3) is 0 Å². The summed E-state index contributed by atoms with van der Waals surface area (Å²) in [4.78, 5) is 2.32. The van der Waals surface area contributed by atoms with Crippen LogP contribution in [-0.4, -0.2) is 0 Å². The molecule has 0 N–H and O–H groups in total. The quantitative estimate of drug-likeness (QED) is 0.162. The maximum atomic E-state index is 2.33. The van der Waals surface area contributed by atoms with E-state index in [1.54, 1.807) is 0 Å². The van der Waals surface area contributed by atoms with Gasteiger partial charge in [0.15, 0.2) is 0 Å². The molecule has 0 bridgehead atoms. The first-order valence-electron chi connectivity index (χ1n) is 16.8. The van der Waals surface area contributed by atoms with Crippen LogP contribution in [0.2, 0.25) is 0 Å². The summed E-state index contributed by atoms with van der Waals surface area (Å²) in [7, 11) is 0. The highest BCUT2D eigenvalue weighted by Gasteiger charge is 2.14. The number of nitrogens with zero attached hydrogens (tertiary/aromatic N) is 1. The zero-order valence-corrected chi connectivity index (χ0v) is 27.2. The van der Waals surface area contributed by atoms with E-state index in [0.29, 0.717) is 0 Å². The zero-order valence-electron chi connectivity index (χ0n) is 27.2. The minimum Gasteiger partial charge on any atom is -0.311 e. The van der Waals surface area contributed by atoms with Crippen molar-refractivity contribution in [2.45, 2.75) is 0 Å². The van der Waals surface area contributed by atoms with E-state index >= 15 is 0 Å². The fourth-order valence-electron chi connectivity index (χ4n) is 6.57. The first kappa shape index (κ1) is 29.9. The van der Waals surface area contributed by atoms with Crippen LogP contribution in [0.4, 0.5) is 17.1 Å². The Kier molecular flexibility index (Phi) is 8.39. The second kappa shape index (κ2) is 13.7. The number of para-hydroxylation sites is 1. The summed E-state index contributed by atoms with van der Waals surface area (Å²) in [6, 6.07) is 75.9. The van der Waals surface area contributed by atoms with E-state index < -0.39 is 0 Å². The van der Waals surface area contributed by atoms with Crippen molar-refractivity contribution in [1.82, 2.24) is 0 Å². The number of benzene rings is 8. The van der Waals surface area contributed by atoms with Gasteiger partial charge >= 0.3 is 0 Å². The van der Waals surface area contributed by atoms with Crippen molar-refractivity contribution in [3.05, 3.63) is 212 Å². The van der Waals surface area contributed by atoms with Crippen molar-refractivity contribution in [2.24, 2.45) is 0 Å². The van der Waals surface area contributed by atoms with E-state index in [4.69, 9.17) is 0 Å². The van der Waals surface area contributed by atoms with Gasteiger partial charge in [-0.1, -0.05) is 170 Å². The van der Waals surface area contributed by atoms with Crippen LogP contribution >= 0.6 is 0 Å². The maximum Gasteiger partial charge on any atom is 0.0462 e. The Morgan fingerprint density at radius 2 is 0.510 bits per heavy atom. The van der Waals surface area contributed by atoms with Gasteiger partial charge in [-0.15, -0.1) is 0 Å². The Hall–Kier alpha value is -6.44. The van der Waals surface area contributed by atoms with Crippen LogP contribution in [-0.2, 0) is 0 Å². The number of rotatable bonds is 8. The van der Waals surface area contributed by atoms with Crippen LogP contribution in [0, 0.1) is 0 Å². The number of hydrogen-bond donors (Lipinski definition) is 0. The van der Waals surface area contributed by atoms with E-state index in [0.717, 1.165) is 17.1 Å². The first-order chi connectivity index (χ1) is 24.3. The first-order valence-corrected chi connectivity index (χ1v) is 16.8. The van der Waals surface area contributed by atoms with Crippen molar-refractivity contribution in [1.29, 1.82) is 0 Å². The molecule has 232 valence electrons. The molecule has 1 heteroatoms. The van der Waals surface area contributed by atoms with Crippen LogP contribution in [0.25, 0.3) is 55.6 Å². The van der Waals surface area contributed by atoms with E-state index in [-0.39, 0.29) is 0 Å². The lowest BCUT2D eigenvalue weighted by Gasteiger charge is -2.26. The fraction of sp³-hybridized carbons (Fsp3) is 0. The summed E-state index contributed by atoms with van der Waals surface area (Å²) in [6.07, 6.45) is 0. The van der Waals surface area contributed by atoms with Gasteiger partial charge in [-0.3, -0.25) is 0 Å². The van der Waals surface area contributed by atoms with Gasteiger partial charge in [0.05, 0.1) is 0 Å². The summed E-state index contributed by atoms with van der Waals surface area (Å²) < 4.78 is 0. The zero-order chi connectivity index (χ0) is 32.8. The molecule has 0 spiro atoms. The van der Waals surface area contributed by atoms with Gasteiger partial charge in [-0.2, -0.15) is 0 Å². The molecule has 0 atom stereocenters. The molecule has 0 saturated carbocycles. The molecular formula is C48H35N. The topological polar surface area (TPSA) is 3.24 Å². The highest BCUT2D eigenvalue weighted by molar-refractivity contribution is 5.88. The van der Waals surface area contributed by atoms with E-state index in [9.17, 15) is 0 Å². The molecule has 0 radical (unpaired) electrons. The van der Waals surface area contributed by atoms with Gasteiger partial charge in [0, 0.05) is 17.1 Å². The fourth-order valence-corrected chi connectivity index (χ4v) is 6.57. The van der Waals surface area contributed by atoms with Crippen LogP contribution in [0.3, 0.4) is 0 Å². The summed E-state index contributed by atoms with van der Waals surface area (Å²) in [5.74, 6) is 0. The molecule has 0 saturated heterocycles. The summed E-state index contributed by atoms with van der Waals surface area (Å²) in [6.45, 7) is 0. The molecule has 0 aliphatic heterocycles. The Morgan fingerprint density at radius 3 is 0.980 bits per heavy atom.